The highest BCUT2D eigenvalue weighted by Crippen LogP contribution is 2.28. The number of nitrogens with zero attached hydrogens (tertiary/aromatic N) is 2. The topological polar surface area (TPSA) is 78.4 Å². The molecule has 7 heteroatoms. The van der Waals surface area contributed by atoms with Crippen molar-refractivity contribution < 1.29 is 19.1 Å². The fourth-order valence-corrected chi connectivity index (χ4v) is 2.64. The maximum absolute atomic E-state index is 12.0. The molecule has 0 saturated heterocycles. The number of thiazole rings is 1. The van der Waals surface area contributed by atoms with E-state index in [0.717, 1.165) is 0 Å². The number of hydrogen-bond acceptors (Lipinski definition) is 7. The number of rotatable bonds is 5. The van der Waals surface area contributed by atoms with Gasteiger partial charge in [-0.3, -0.25) is 9.59 Å². The highest BCUT2D eigenvalue weighted by atomic mass is 32.1. The first kappa shape index (κ1) is 14.4. The fourth-order valence-electron chi connectivity index (χ4n) is 1.66. The molecule has 0 aliphatic heterocycles. The van der Waals surface area contributed by atoms with Crippen LogP contribution in [-0.4, -0.2) is 35.1 Å². The minimum absolute atomic E-state index is 0.192. The molecule has 0 radical (unpaired) electrons. The SMILES string of the molecule is CCOC(=O)C(C(=O)OCC)c1nc2cccnc2s1. The highest BCUT2D eigenvalue weighted by Gasteiger charge is 2.34. The van der Waals surface area contributed by atoms with E-state index in [4.69, 9.17) is 9.47 Å². The van der Waals surface area contributed by atoms with Crippen molar-refractivity contribution in [3.05, 3.63) is 23.3 Å². The molecule has 0 atom stereocenters. The number of hydrogen-bond donors (Lipinski definition) is 0. The lowest BCUT2D eigenvalue weighted by Crippen LogP contribution is -2.26. The van der Waals surface area contributed by atoms with E-state index in [-0.39, 0.29) is 13.2 Å². The number of aromatic nitrogens is 2. The maximum Gasteiger partial charge on any atom is 0.327 e. The van der Waals surface area contributed by atoms with Crippen LogP contribution in [-0.2, 0) is 19.1 Å². The van der Waals surface area contributed by atoms with Gasteiger partial charge in [0.25, 0.3) is 0 Å². The van der Waals surface area contributed by atoms with Crippen LogP contribution in [0, 0.1) is 0 Å². The largest absolute Gasteiger partial charge is 0.465 e. The zero-order chi connectivity index (χ0) is 14.5. The Balaban J connectivity index is 2.38. The Kier molecular flexibility index (Phi) is 4.62. The average molecular weight is 294 g/mol. The third-order valence-corrected chi connectivity index (χ3v) is 3.52. The fraction of sp³-hybridized carbons (Fsp3) is 0.385. The van der Waals surface area contributed by atoms with Gasteiger partial charge in [-0.25, -0.2) is 9.97 Å². The van der Waals surface area contributed by atoms with Crippen molar-refractivity contribution in [2.24, 2.45) is 0 Å². The minimum Gasteiger partial charge on any atom is -0.465 e. The summed E-state index contributed by atoms with van der Waals surface area (Å²) >= 11 is 1.19. The summed E-state index contributed by atoms with van der Waals surface area (Å²) in [5.74, 6) is -2.44. The molecular weight excluding hydrogens is 280 g/mol. The molecular formula is C13H14N2O4S. The number of fused-ring (bicyclic) bond motifs is 1. The van der Waals surface area contributed by atoms with E-state index in [9.17, 15) is 9.59 Å². The van der Waals surface area contributed by atoms with Crippen LogP contribution in [0.4, 0.5) is 0 Å². The Morgan fingerprint density at radius 3 is 2.45 bits per heavy atom. The van der Waals surface area contributed by atoms with E-state index in [1.807, 2.05) is 0 Å². The van der Waals surface area contributed by atoms with Gasteiger partial charge in [0, 0.05) is 6.20 Å². The number of carbonyl (C=O) groups is 2. The summed E-state index contributed by atoms with van der Waals surface area (Å²) in [6.07, 6.45) is 1.63. The average Bonchev–Trinajstić information content (AvgIpc) is 2.82. The number of carbonyl (C=O) groups excluding carboxylic acids is 2. The lowest BCUT2D eigenvalue weighted by Gasteiger charge is -2.11. The van der Waals surface area contributed by atoms with Gasteiger partial charge in [-0.2, -0.15) is 0 Å². The van der Waals surface area contributed by atoms with Gasteiger partial charge in [-0.1, -0.05) is 11.3 Å². The third kappa shape index (κ3) is 2.93. The van der Waals surface area contributed by atoms with Crippen molar-refractivity contribution in [2.75, 3.05) is 13.2 Å². The normalized spacial score (nSPS) is 10.8. The molecule has 0 bridgehead atoms. The van der Waals surface area contributed by atoms with Gasteiger partial charge < -0.3 is 9.47 Å². The molecule has 2 rings (SSSR count). The molecule has 106 valence electrons. The van der Waals surface area contributed by atoms with Crippen LogP contribution in [0.15, 0.2) is 18.3 Å². The minimum atomic E-state index is -1.14. The predicted molar refractivity (Wildman–Crippen MR) is 73.4 cm³/mol. The molecule has 0 aliphatic rings. The van der Waals surface area contributed by atoms with E-state index in [1.54, 1.807) is 32.2 Å². The molecule has 0 spiro atoms. The van der Waals surface area contributed by atoms with Crippen LogP contribution in [0.25, 0.3) is 10.3 Å². The summed E-state index contributed by atoms with van der Waals surface area (Å²) in [7, 11) is 0. The third-order valence-electron chi connectivity index (χ3n) is 2.47. The van der Waals surface area contributed by atoms with Crippen molar-refractivity contribution in [3.63, 3.8) is 0 Å². The molecule has 0 saturated carbocycles. The van der Waals surface area contributed by atoms with Gasteiger partial charge >= 0.3 is 11.9 Å². The molecule has 2 aromatic heterocycles. The summed E-state index contributed by atoms with van der Waals surface area (Å²) in [6, 6.07) is 3.52. The number of pyridine rings is 1. The van der Waals surface area contributed by atoms with Crippen molar-refractivity contribution in [2.45, 2.75) is 19.8 Å². The predicted octanol–water partition coefficient (Wildman–Crippen LogP) is 1.90. The van der Waals surface area contributed by atoms with Gasteiger partial charge in [-0.15, -0.1) is 0 Å². The molecule has 0 amide bonds. The van der Waals surface area contributed by atoms with Crippen LogP contribution in [0.1, 0.15) is 24.8 Å². The molecule has 2 heterocycles. The monoisotopic (exact) mass is 294 g/mol. The molecule has 0 aliphatic carbocycles. The van der Waals surface area contributed by atoms with Gasteiger partial charge in [0.05, 0.1) is 13.2 Å². The molecule has 0 N–H and O–H groups in total. The van der Waals surface area contributed by atoms with Crippen LogP contribution >= 0.6 is 11.3 Å². The van der Waals surface area contributed by atoms with Gasteiger partial charge in [0.2, 0.25) is 5.92 Å². The smallest absolute Gasteiger partial charge is 0.327 e. The molecule has 0 fully saturated rings. The van der Waals surface area contributed by atoms with E-state index >= 15 is 0 Å². The number of esters is 2. The second-order valence-corrected chi connectivity index (χ2v) is 4.83. The number of ether oxygens (including phenoxy) is 2. The Labute approximate surface area is 119 Å². The van der Waals surface area contributed by atoms with Crippen molar-refractivity contribution in [1.29, 1.82) is 0 Å². The molecule has 20 heavy (non-hydrogen) atoms. The quantitative estimate of drug-likeness (QED) is 0.619. The van der Waals surface area contributed by atoms with Crippen LogP contribution in [0.2, 0.25) is 0 Å². The molecule has 6 nitrogen and oxygen atoms in total. The summed E-state index contributed by atoms with van der Waals surface area (Å²) in [4.78, 5) is 33.0. The lowest BCUT2D eigenvalue weighted by molar-refractivity contribution is -0.156. The summed E-state index contributed by atoms with van der Waals surface area (Å²) < 4.78 is 9.86. The van der Waals surface area contributed by atoms with E-state index in [1.165, 1.54) is 11.3 Å². The van der Waals surface area contributed by atoms with Crippen LogP contribution < -0.4 is 0 Å². The van der Waals surface area contributed by atoms with Crippen molar-refractivity contribution in [3.8, 4) is 0 Å². The lowest BCUT2D eigenvalue weighted by atomic mass is 10.1. The van der Waals surface area contributed by atoms with Crippen molar-refractivity contribution in [1.82, 2.24) is 9.97 Å². The first-order valence-electron chi connectivity index (χ1n) is 6.22. The molecule has 2 aromatic rings. The van der Waals surface area contributed by atoms with Crippen molar-refractivity contribution >= 4 is 33.6 Å². The van der Waals surface area contributed by atoms with E-state index in [2.05, 4.69) is 9.97 Å². The van der Waals surface area contributed by atoms with Gasteiger partial charge in [0.1, 0.15) is 15.4 Å². The Morgan fingerprint density at radius 2 is 1.90 bits per heavy atom. The highest BCUT2D eigenvalue weighted by molar-refractivity contribution is 7.18. The summed E-state index contributed by atoms with van der Waals surface area (Å²) in [6.45, 7) is 3.75. The van der Waals surface area contributed by atoms with Gasteiger partial charge in [-0.05, 0) is 26.0 Å². The standard InChI is InChI=1S/C13H14N2O4S/c1-3-18-12(16)9(13(17)19-4-2)11-15-8-6-5-7-14-10(8)20-11/h5-7,9H,3-4H2,1-2H3. The van der Waals surface area contributed by atoms with E-state index in [0.29, 0.717) is 15.4 Å². The summed E-state index contributed by atoms with van der Waals surface area (Å²) in [5.41, 5.74) is 0.645. The zero-order valence-electron chi connectivity index (χ0n) is 11.2. The Morgan fingerprint density at radius 1 is 1.25 bits per heavy atom. The first-order valence-corrected chi connectivity index (χ1v) is 7.03. The van der Waals surface area contributed by atoms with Gasteiger partial charge in [0.15, 0.2) is 0 Å². The molecule has 0 aromatic carbocycles. The Bertz CT molecular complexity index is 575. The zero-order valence-corrected chi connectivity index (χ0v) is 12.0. The second kappa shape index (κ2) is 6.42. The van der Waals surface area contributed by atoms with E-state index < -0.39 is 17.9 Å². The molecule has 0 unspecified atom stereocenters. The van der Waals surface area contributed by atoms with Crippen LogP contribution in [0.5, 0.6) is 0 Å². The van der Waals surface area contributed by atoms with Crippen LogP contribution in [0.3, 0.4) is 0 Å². The Hall–Kier alpha value is -2.02. The first-order chi connectivity index (χ1) is 9.67. The summed E-state index contributed by atoms with van der Waals surface area (Å²) in [5, 5.41) is 0.343. The maximum atomic E-state index is 12.0. The second-order valence-electron chi connectivity index (χ2n) is 3.82.